The normalized spacial score (nSPS) is 11.6. The molecule has 0 aliphatic carbocycles. The molecular weight excluding hydrogens is 309 g/mol. The van der Waals surface area contributed by atoms with E-state index in [-0.39, 0.29) is 23.6 Å². The van der Waals surface area contributed by atoms with Crippen LogP contribution in [0, 0.1) is 20.8 Å². The van der Waals surface area contributed by atoms with Crippen molar-refractivity contribution >= 4 is 11.6 Å². The van der Waals surface area contributed by atoms with Crippen LogP contribution in [0.2, 0.25) is 0 Å². The number of carbonyl (C=O) groups excluding carboxylic acids is 1. The average Bonchev–Trinajstić information content (AvgIpc) is 2.77. The molecule has 23 heavy (non-hydrogen) atoms. The smallest absolute Gasteiger partial charge is 0.361 e. The van der Waals surface area contributed by atoms with Crippen LogP contribution in [-0.4, -0.2) is 11.1 Å². The van der Waals surface area contributed by atoms with E-state index in [4.69, 9.17) is 4.52 Å². The number of aryl methyl sites for hydroxylation is 3. The van der Waals surface area contributed by atoms with Crippen LogP contribution in [0.25, 0.3) is 0 Å². The first kappa shape index (κ1) is 17.1. The number of hydrogen-bond donors (Lipinski definition) is 1. The highest BCUT2D eigenvalue weighted by Crippen LogP contribution is 2.33. The molecule has 4 nitrogen and oxygen atoms in total. The van der Waals surface area contributed by atoms with E-state index < -0.39 is 11.7 Å². The minimum atomic E-state index is -4.44. The highest BCUT2D eigenvalue weighted by atomic mass is 19.4. The Bertz CT molecular complexity index is 701. The van der Waals surface area contributed by atoms with Crippen molar-refractivity contribution < 1.29 is 22.5 Å². The van der Waals surface area contributed by atoms with E-state index in [1.165, 1.54) is 19.1 Å². The lowest BCUT2D eigenvalue weighted by Crippen LogP contribution is -2.14. The van der Waals surface area contributed by atoms with Gasteiger partial charge in [0.15, 0.2) is 0 Å². The zero-order chi connectivity index (χ0) is 17.2. The lowest BCUT2D eigenvalue weighted by Gasteiger charge is -2.12. The van der Waals surface area contributed by atoms with E-state index in [1.807, 2.05) is 0 Å². The van der Waals surface area contributed by atoms with Crippen LogP contribution >= 0.6 is 0 Å². The molecule has 0 saturated heterocycles. The molecule has 2 aromatic rings. The van der Waals surface area contributed by atoms with Crippen LogP contribution in [0.4, 0.5) is 18.9 Å². The third-order valence-corrected chi connectivity index (χ3v) is 3.61. The van der Waals surface area contributed by atoms with Gasteiger partial charge >= 0.3 is 6.18 Å². The van der Waals surface area contributed by atoms with Gasteiger partial charge in [-0.15, -0.1) is 0 Å². The number of aromatic nitrogens is 1. The number of rotatable bonds is 4. The second-order valence-electron chi connectivity index (χ2n) is 5.38. The van der Waals surface area contributed by atoms with Crippen LogP contribution in [0.15, 0.2) is 22.7 Å². The van der Waals surface area contributed by atoms with Gasteiger partial charge < -0.3 is 9.84 Å². The molecule has 0 aliphatic rings. The van der Waals surface area contributed by atoms with E-state index in [0.29, 0.717) is 17.9 Å². The molecule has 1 N–H and O–H groups in total. The molecule has 0 fully saturated rings. The zero-order valence-electron chi connectivity index (χ0n) is 13.0. The predicted molar refractivity (Wildman–Crippen MR) is 79.1 cm³/mol. The van der Waals surface area contributed by atoms with Gasteiger partial charge in [0.05, 0.1) is 11.3 Å². The SMILES string of the molecule is Cc1ccc(NC(=O)CCc2c(C)noc2C)cc1C(F)(F)F. The van der Waals surface area contributed by atoms with Crippen molar-refractivity contribution in [3.05, 3.63) is 46.3 Å². The summed E-state index contributed by atoms with van der Waals surface area (Å²) in [6.07, 6.45) is -3.88. The number of nitrogens with one attached hydrogen (secondary N) is 1. The van der Waals surface area contributed by atoms with E-state index >= 15 is 0 Å². The minimum absolute atomic E-state index is 0.117. The van der Waals surface area contributed by atoms with Crippen molar-refractivity contribution in [1.29, 1.82) is 0 Å². The first-order valence-electron chi connectivity index (χ1n) is 7.08. The molecule has 1 aromatic heterocycles. The summed E-state index contributed by atoms with van der Waals surface area (Å²) in [6.45, 7) is 4.91. The second-order valence-corrected chi connectivity index (χ2v) is 5.38. The lowest BCUT2D eigenvalue weighted by molar-refractivity contribution is -0.138. The summed E-state index contributed by atoms with van der Waals surface area (Å²) in [5, 5.41) is 6.29. The van der Waals surface area contributed by atoms with Gasteiger partial charge in [-0.1, -0.05) is 11.2 Å². The molecule has 0 bridgehead atoms. The molecule has 0 saturated carbocycles. The maximum Gasteiger partial charge on any atom is 0.416 e. The molecule has 1 heterocycles. The van der Waals surface area contributed by atoms with Gasteiger partial charge in [0, 0.05) is 17.7 Å². The molecule has 1 amide bonds. The van der Waals surface area contributed by atoms with Crippen molar-refractivity contribution in [2.75, 3.05) is 5.32 Å². The van der Waals surface area contributed by atoms with Crippen LogP contribution in [0.3, 0.4) is 0 Å². The summed E-state index contributed by atoms with van der Waals surface area (Å²) in [4.78, 5) is 11.9. The minimum Gasteiger partial charge on any atom is -0.361 e. The van der Waals surface area contributed by atoms with E-state index in [9.17, 15) is 18.0 Å². The number of halogens is 3. The largest absolute Gasteiger partial charge is 0.416 e. The van der Waals surface area contributed by atoms with Gasteiger partial charge in [-0.3, -0.25) is 4.79 Å². The van der Waals surface area contributed by atoms with Crippen molar-refractivity contribution in [2.45, 2.75) is 39.8 Å². The molecule has 0 unspecified atom stereocenters. The van der Waals surface area contributed by atoms with Crippen molar-refractivity contribution in [3.8, 4) is 0 Å². The highest BCUT2D eigenvalue weighted by molar-refractivity contribution is 5.91. The predicted octanol–water partition coefficient (Wildman–Crippen LogP) is 4.19. The van der Waals surface area contributed by atoms with Crippen LogP contribution in [-0.2, 0) is 17.4 Å². The summed E-state index contributed by atoms with van der Waals surface area (Å²) < 4.78 is 43.6. The van der Waals surface area contributed by atoms with Gasteiger partial charge in [0.1, 0.15) is 5.76 Å². The molecule has 0 radical (unpaired) electrons. The number of carbonyl (C=O) groups is 1. The Hall–Kier alpha value is -2.31. The number of nitrogens with zero attached hydrogens (tertiary/aromatic N) is 1. The highest BCUT2D eigenvalue weighted by Gasteiger charge is 2.32. The number of benzene rings is 1. The second kappa shape index (κ2) is 6.44. The third kappa shape index (κ3) is 4.12. The number of hydrogen-bond acceptors (Lipinski definition) is 3. The van der Waals surface area contributed by atoms with E-state index in [1.54, 1.807) is 13.8 Å². The molecule has 7 heteroatoms. The lowest BCUT2D eigenvalue weighted by atomic mass is 10.1. The van der Waals surface area contributed by atoms with Crippen molar-refractivity contribution in [1.82, 2.24) is 5.16 Å². The monoisotopic (exact) mass is 326 g/mol. The summed E-state index contributed by atoms with van der Waals surface area (Å²) in [7, 11) is 0. The number of alkyl halides is 3. The quantitative estimate of drug-likeness (QED) is 0.916. The van der Waals surface area contributed by atoms with Crippen LogP contribution < -0.4 is 5.32 Å². The van der Waals surface area contributed by atoms with Gasteiger partial charge in [-0.25, -0.2) is 0 Å². The van der Waals surface area contributed by atoms with E-state index in [0.717, 1.165) is 11.6 Å². The summed E-state index contributed by atoms with van der Waals surface area (Å²) >= 11 is 0. The molecular formula is C16H17F3N2O2. The molecule has 2 rings (SSSR count). The molecule has 0 atom stereocenters. The Labute approximate surface area is 131 Å². The average molecular weight is 326 g/mol. The summed E-state index contributed by atoms with van der Waals surface area (Å²) in [5.41, 5.74) is 1.06. The Morgan fingerprint density at radius 3 is 2.52 bits per heavy atom. The molecule has 1 aromatic carbocycles. The Morgan fingerprint density at radius 1 is 1.26 bits per heavy atom. The third-order valence-electron chi connectivity index (χ3n) is 3.61. The van der Waals surface area contributed by atoms with Gasteiger partial charge in [-0.2, -0.15) is 13.2 Å². The Morgan fingerprint density at radius 2 is 1.96 bits per heavy atom. The fraction of sp³-hybridized carbons (Fsp3) is 0.375. The van der Waals surface area contributed by atoms with Crippen LogP contribution in [0.1, 0.15) is 34.6 Å². The van der Waals surface area contributed by atoms with E-state index in [2.05, 4.69) is 10.5 Å². The summed E-state index contributed by atoms with van der Waals surface area (Å²) in [5.74, 6) is 0.284. The maximum atomic E-state index is 12.9. The summed E-state index contributed by atoms with van der Waals surface area (Å²) in [6, 6.07) is 3.74. The van der Waals surface area contributed by atoms with Crippen molar-refractivity contribution in [2.24, 2.45) is 0 Å². The van der Waals surface area contributed by atoms with Gasteiger partial charge in [0.2, 0.25) is 5.91 Å². The number of anilines is 1. The van der Waals surface area contributed by atoms with Gasteiger partial charge in [0.25, 0.3) is 0 Å². The zero-order valence-corrected chi connectivity index (χ0v) is 13.0. The Balaban J connectivity index is 2.03. The van der Waals surface area contributed by atoms with Gasteiger partial charge in [-0.05, 0) is 44.9 Å². The van der Waals surface area contributed by atoms with Crippen LogP contribution in [0.5, 0.6) is 0 Å². The number of amides is 1. The first-order chi connectivity index (χ1) is 10.7. The van der Waals surface area contributed by atoms with Crippen molar-refractivity contribution in [3.63, 3.8) is 0 Å². The molecule has 0 spiro atoms. The fourth-order valence-electron chi connectivity index (χ4n) is 2.33. The first-order valence-corrected chi connectivity index (χ1v) is 7.08. The Kier molecular flexibility index (Phi) is 4.77. The fourth-order valence-corrected chi connectivity index (χ4v) is 2.33. The maximum absolute atomic E-state index is 12.9. The standard InChI is InChI=1S/C16H17F3N2O2/c1-9-4-5-12(8-14(9)16(17,18)19)20-15(22)7-6-13-10(2)21-23-11(13)3/h4-5,8H,6-7H2,1-3H3,(H,20,22). The molecule has 124 valence electrons. The molecule has 0 aliphatic heterocycles. The topological polar surface area (TPSA) is 55.1 Å².